The van der Waals surface area contributed by atoms with Gasteiger partial charge in [-0.15, -0.1) is 0 Å². The fourth-order valence-electron chi connectivity index (χ4n) is 1.12. The Kier molecular flexibility index (Phi) is 6.42. The van der Waals surface area contributed by atoms with Gasteiger partial charge in [-0.2, -0.15) is 0 Å². The molecule has 0 radical (unpaired) electrons. The van der Waals surface area contributed by atoms with Crippen molar-refractivity contribution in [2.24, 2.45) is 0 Å². The van der Waals surface area contributed by atoms with Crippen LogP contribution in [0.3, 0.4) is 0 Å². The number of nitrogens with one attached hydrogen (secondary N) is 1. The highest BCUT2D eigenvalue weighted by Gasteiger charge is 1.97. The molecule has 18 heavy (non-hydrogen) atoms. The molecule has 0 saturated heterocycles. The maximum absolute atomic E-state index is 11.3. The molecule has 0 saturated carbocycles. The van der Waals surface area contributed by atoms with Gasteiger partial charge in [0.05, 0.1) is 13.2 Å². The summed E-state index contributed by atoms with van der Waals surface area (Å²) in [5.41, 5.74) is 0.736. The largest absolute Gasteiger partial charge is 0.464 e. The molecule has 1 heterocycles. The van der Waals surface area contributed by atoms with Gasteiger partial charge in [0.25, 0.3) is 0 Å². The van der Waals surface area contributed by atoms with Crippen molar-refractivity contribution in [3.05, 3.63) is 24.0 Å². The molecule has 0 spiro atoms. The third-order valence-corrected chi connectivity index (χ3v) is 1.95. The third-order valence-electron chi connectivity index (χ3n) is 1.95. The molecule has 0 bridgehead atoms. The van der Waals surface area contributed by atoms with Crippen molar-refractivity contribution in [3.8, 4) is 6.01 Å². The highest BCUT2D eigenvalue weighted by atomic mass is 16.5. The first-order valence-corrected chi connectivity index (χ1v) is 5.66. The number of aromatic nitrogens is 2. The Morgan fingerprint density at radius 3 is 2.78 bits per heavy atom. The number of nitrogens with zero attached hydrogens (tertiary/aromatic N) is 2. The zero-order valence-electron chi connectivity index (χ0n) is 10.5. The quantitative estimate of drug-likeness (QED) is 0.569. The van der Waals surface area contributed by atoms with E-state index in [-0.39, 0.29) is 5.91 Å². The SMILES string of the molecule is CCOc1ncc(/C=C/C(=O)NCCOC)cn1. The molecule has 1 aromatic rings. The van der Waals surface area contributed by atoms with Crippen LogP contribution in [0.5, 0.6) is 6.01 Å². The summed E-state index contributed by atoms with van der Waals surface area (Å²) < 4.78 is 9.93. The molecule has 6 heteroatoms. The minimum Gasteiger partial charge on any atom is -0.464 e. The lowest BCUT2D eigenvalue weighted by Gasteiger charge is -2.00. The number of hydrogen-bond donors (Lipinski definition) is 1. The van der Waals surface area contributed by atoms with Gasteiger partial charge in [-0.05, 0) is 13.0 Å². The fourth-order valence-corrected chi connectivity index (χ4v) is 1.12. The van der Waals surface area contributed by atoms with Crippen LogP contribution in [-0.4, -0.2) is 42.7 Å². The Morgan fingerprint density at radius 2 is 2.17 bits per heavy atom. The van der Waals surface area contributed by atoms with Gasteiger partial charge in [-0.3, -0.25) is 4.79 Å². The Bertz CT molecular complexity index is 390. The van der Waals surface area contributed by atoms with Gasteiger partial charge in [0.2, 0.25) is 5.91 Å². The van der Waals surface area contributed by atoms with Gasteiger partial charge in [0.15, 0.2) is 0 Å². The molecule has 0 aliphatic carbocycles. The minimum atomic E-state index is -0.180. The van der Waals surface area contributed by atoms with E-state index in [2.05, 4.69) is 15.3 Å². The van der Waals surface area contributed by atoms with Crippen LogP contribution in [0, 0.1) is 0 Å². The van der Waals surface area contributed by atoms with Gasteiger partial charge < -0.3 is 14.8 Å². The summed E-state index contributed by atoms with van der Waals surface area (Å²) in [5.74, 6) is -0.180. The number of carbonyl (C=O) groups excluding carboxylic acids is 1. The summed E-state index contributed by atoms with van der Waals surface area (Å²) in [7, 11) is 1.58. The first-order valence-electron chi connectivity index (χ1n) is 5.66. The van der Waals surface area contributed by atoms with Crippen LogP contribution in [0.1, 0.15) is 12.5 Å². The summed E-state index contributed by atoms with van der Waals surface area (Å²) in [6, 6.07) is 0.333. The predicted molar refractivity (Wildman–Crippen MR) is 67.1 cm³/mol. The molecular weight excluding hydrogens is 234 g/mol. The Labute approximate surface area is 106 Å². The highest BCUT2D eigenvalue weighted by Crippen LogP contribution is 2.03. The lowest BCUT2D eigenvalue weighted by Crippen LogP contribution is -2.24. The number of carbonyl (C=O) groups is 1. The average molecular weight is 251 g/mol. The minimum absolute atomic E-state index is 0.180. The Morgan fingerprint density at radius 1 is 1.44 bits per heavy atom. The number of ether oxygens (including phenoxy) is 2. The Hall–Kier alpha value is -1.95. The Balaban J connectivity index is 2.43. The van der Waals surface area contributed by atoms with Crippen LogP contribution in [0.25, 0.3) is 6.08 Å². The third kappa shape index (κ3) is 5.40. The second-order valence-corrected chi connectivity index (χ2v) is 3.35. The van der Waals surface area contributed by atoms with Crippen LogP contribution in [-0.2, 0) is 9.53 Å². The van der Waals surface area contributed by atoms with Crippen LogP contribution < -0.4 is 10.1 Å². The van der Waals surface area contributed by atoms with Crippen LogP contribution in [0.4, 0.5) is 0 Å². The number of amides is 1. The van der Waals surface area contributed by atoms with E-state index in [4.69, 9.17) is 9.47 Å². The van der Waals surface area contributed by atoms with E-state index in [1.807, 2.05) is 6.92 Å². The van der Waals surface area contributed by atoms with E-state index in [0.29, 0.717) is 25.8 Å². The molecule has 98 valence electrons. The highest BCUT2D eigenvalue weighted by molar-refractivity contribution is 5.91. The monoisotopic (exact) mass is 251 g/mol. The first-order chi connectivity index (χ1) is 8.76. The van der Waals surface area contributed by atoms with Crippen molar-refractivity contribution in [3.63, 3.8) is 0 Å². The van der Waals surface area contributed by atoms with Gasteiger partial charge in [-0.1, -0.05) is 0 Å². The molecule has 0 aliphatic rings. The molecule has 1 amide bonds. The second kappa shape index (κ2) is 8.19. The normalized spacial score (nSPS) is 10.6. The topological polar surface area (TPSA) is 73.3 Å². The number of methoxy groups -OCH3 is 1. The molecular formula is C12H17N3O3. The van der Waals surface area contributed by atoms with E-state index < -0.39 is 0 Å². The van der Waals surface area contributed by atoms with Crippen molar-refractivity contribution in [2.75, 3.05) is 26.9 Å². The van der Waals surface area contributed by atoms with Crippen molar-refractivity contribution in [1.82, 2.24) is 15.3 Å². The smallest absolute Gasteiger partial charge is 0.316 e. The molecule has 1 N–H and O–H groups in total. The van der Waals surface area contributed by atoms with Gasteiger partial charge >= 0.3 is 6.01 Å². The predicted octanol–water partition coefficient (Wildman–Crippen LogP) is 0.651. The molecule has 1 rings (SSSR count). The van der Waals surface area contributed by atoms with E-state index in [9.17, 15) is 4.79 Å². The maximum atomic E-state index is 11.3. The average Bonchev–Trinajstić information content (AvgIpc) is 2.39. The van der Waals surface area contributed by atoms with Crippen molar-refractivity contribution in [1.29, 1.82) is 0 Å². The second-order valence-electron chi connectivity index (χ2n) is 3.35. The summed E-state index contributed by atoms with van der Waals surface area (Å²) in [4.78, 5) is 19.3. The fraction of sp³-hybridized carbons (Fsp3) is 0.417. The van der Waals surface area contributed by atoms with Crippen LogP contribution >= 0.6 is 0 Å². The van der Waals surface area contributed by atoms with Crippen molar-refractivity contribution < 1.29 is 14.3 Å². The van der Waals surface area contributed by atoms with Crippen LogP contribution in [0.15, 0.2) is 18.5 Å². The molecule has 0 unspecified atom stereocenters. The molecule has 0 aromatic carbocycles. The maximum Gasteiger partial charge on any atom is 0.316 e. The zero-order valence-corrected chi connectivity index (χ0v) is 10.5. The summed E-state index contributed by atoms with van der Waals surface area (Å²) >= 11 is 0. The summed E-state index contributed by atoms with van der Waals surface area (Å²) in [6.07, 6.45) is 6.25. The molecule has 1 aromatic heterocycles. The molecule has 0 atom stereocenters. The number of rotatable bonds is 7. The lowest BCUT2D eigenvalue weighted by atomic mass is 10.3. The first kappa shape index (κ1) is 14.1. The van der Waals surface area contributed by atoms with E-state index in [1.54, 1.807) is 25.6 Å². The van der Waals surface area contributed by atoms with Crippen LogP contribution in [0.2, 0.25) is 0 Å². The molecule has 0 aliphatic heterocycles. The van der Waals surface area contributed by atoms with E-state index >= 15 is 0 Å². The molecule has 6 nitrogen and oxygen atoms in total. The molecule has 0 fully saturated rings. The van der Waals surface area contributed by atoms with Gasteiger partial charge in [0, 0.05) is 37.7 Å². The van der Waals surface area contributed by atoms with Crippen molar-refractivity contribution in [2.45, 2.75) is 6.92 Å². The van der Waals surface area contributed by atoms with E-state index in [0.717, 1.165) is 5.56 Å². The lowest BCUT2D eigenvalue weighted by molar-refractivity contribution is -0.116. The van der Waals surface area contributed by atoms with Crippen molar-refractivity contribution >= 4 is 12.0 Å². The van der Waals surface area contributed by atoms with Gasteiger partial charge in [0.1, 0.15) is 0 Å². The summed E-state index contributed by atoms with van der Waals surface area (Å²) in [6.45, 7) is 3.36. The standard InChI is InChI=1S/C12H17N3O3/c1-3-18-12-14-8-10(9-15-12)4-5-11(16)13-6-7-17-2/h4-5,8-9H,3,6-7H2,1-2H3,(H,13,16)/b5-4+. The zero-order chi connectivity index (χ0) is 13.2. The van der Waals surface area contributed by atoms with E-state index in [1.165, 1.54) is 6.08 Å². The van der Waals surface area contributed by atoms with Gasteiger partial charge in [-0.25, -0.2) is 9.97 Å². The number of hydrogen-bond acceptors (Lipinski definition) is 5. The summed E-state index contributed by atoms with van der Waals surface area (Å²) in [5, 5.41) is 2.67.